The molecule has 28 heavy (non-hydrogen) atoms. The topological polar surface area (TPSA) is 69.2 Å². The fraction of sp³-hybridized carbons (Fsp3) is 0.619. The number of hydrogen-bond donors (Lipinski definition) is 2. The van der Waals surface area contributed by atoms with Gasteiger partial charge >= 0.3 is 0 Å². The molecule has 0 aliphatic carbocycles. The van der Waals surface area contributed by atoms with Gasteiger partial charge in [-0.25, -0.2) is 4.99 Å². The quantitative estimate of drug-likeness (QED) is 0.405. The number of hydrogen-bond acceptors (Lipinski definition) is 4. The molecule has 0 radical (unpaired) electrons. The Morgan fingerprint density at radius 3 is 2.93 bits per heavy atom. The van der Waals surface area contributed by atoms with Crippen molar-refractivity contribution < 1.29 is 9.53 Å². The Bertz CT molecular complexity index is 647. The lowest BCUT2D eigenvalue weighted by Gasteiger charge is -2.35. The van der Waals surface area contributed by atoms with E-state index in [9.17, 15) is 4.79 Å². The number of carbonyl (C=O) groups excluding carboxylic acids is 1. The first kappa shape index (κ1) is 21.9. The third kappa shape index (κ3) is 6.94. The highest BCUT2D eigenvalue weighted by Gasteiger charge is 2.21. The molecule has 2 N–H and O–H groups in total. The van der Waals surface area contributed by atoms with Gasteiger partial charge in [0.1, 0.15) is 12.3 Å². The molecule has 0 bridgehead atoms. The van der Waals surface area contributed by atoms with Crippen LogP contribution in [0.2, 0.25) is 0 Å². The van der Waals surface area contributed by atoms with E-state index in [0.29, 0.717) is 0 Å². The van der Waals surface area contributed by atoms with E-state index in [1.54, 1.807) is 26.1 Å². The highest BCUT2D eigenvalue weighted by atomic mass is 16.5. The molecule has 7 heteroatoms. The maximum atomic E-state index is 11.9. The van der Waals surface area contributed by atoms with Gasteiger partial charge in [0.05, 0.1) is 7.11 Å². The molecule has 1 aromatic rings. The van der Waals surface area contributed by atoms with Crippen LogP contribution in [0, 0.1) is 0 Å². The van der Waals surface area contributed by atoms with Crippen LogP contribution >= 0.6 is 0 Å². The Morgan fingerprint density at radius 1 is 1.39 bits per heavy atom. The Morgan fingerprint density at radius 2 is 2.21 bits per heavy atom. The van der Waals surface area contributed by atoms with E-state index in [1.165, 1.54) is 5.69 Å². The minimum absolute atomic E-state index is 0.00163. The standard InChI is InChI=1S/C21H35N5O2/c1-5-6-12-22-21(23-15-20(27)25(2)3)24-17-9-8-13-26(16-17)18-10-7-11-19(14-18)28-4/h7,10-11,14,17H,5-6,8-9,12-13,15-16H2,1-4H3,(H2,22,23,24). The summed E-state index contributed by atoms with van der Waals surface area (Å²) in [6.07, 6.45) is 4.37. The molecule has 1 amide bonds. The van der Waals surface area contributed by atoms with E-state index in [0.717, 1.165) is 57.0 Å². The van der Waals surface area contributed by atoms with Crippen LogP contribution in [0.1, 0.15) is 32.6 Å². The molecule has 1 unspecified atom stereocenters. The van der Waals surface area contributed by atoms with E-state index in [2.05, 4.69) is 39.6 Å². The molecule has 1 fully saturated rings. The van der Waals surface area contributed by atoms with Crippen molar-refractivity contribution >= 4 is 17.6 Å². The van der Waals surface area contributed by atoms with Crippen molar-refractivity contribution in [3.8, 4) is 5.75 Å². The molecule has 2 rings (SSSR count). The van der Waals surface area contributed by atoms with Crippen molar-refractivity contribution in [1.29, 1.82) is 0 Å². The first-order chi connectivity index (χ1) is 13.5. The zero-order valence-corrected chi connectivity index (χ0v) is 17.7. The number of rotatable bonds is 8. The maximum absolute atomic E-state index is 11.9. The van der Waals surface area contributed by atoms with Crippen LogP contribution in [0.15, 0.2) is 29.3 Å². The summed E-state index contributed by atoms with van der Waals surface area (Å²) in [6, 6.07) is 8.47. The van der Waals surface area contributed by atoms with E-state index >= 15 is 0 Å². The van der Waals surface area contributed by atoms with E-state index in [1.807, 2.05) is 12.1 Å². The molecular formula is C21H35N5O2. The van der Waals surface area contributed by atoms with Crippen molar-refractivity contribution in [2.75, 3.05) is 52.3 Å². The summed E-state index contributed by atoms with van der Waals surface area (Å²) >= 11 is 0. The molecule has 1 atom stereocenters. The van der Waals surface area contributed by atoms with Crippen LogP contribution in [0.3, 0.4) is 0 Å². The van der Waals surface area contributed by atoms with Crippen molar-refractivity contribution in [3.63, 3.8) is 0 Å². The number of benzene rings is 1. The molecule has 1 aliphatic heterocycles. The van der Waals surface area contributed by atoms with E-state index in [4.69, 9.17) is 4.74 Å². The average molecular weight is 390 g/mol. The SMILES string of the molecule is CCCCNC(=NCC(=O)N(C)C)NC1CCCN(c2cccc(OC)c2)C1. The van der Waals surface area contributed by atoms with Gasteiger partial charge in [-0.2, -0.15) is 0 Å². The Balaban J connectivity index is 2.00. The number of amides is 1. The highest BCUT2D eigenvalue weighted by molar-refractivity contribution is 5.85. The van der Waals surface area contributed by atoms with Gasteiger partial charge in [-0.3, -0.25) is 4.79 Å². The number of nitrogens with zero attached hydrogens (tertiary/aromatic N) is 3. The van der Waals surface area contributed by atoms with Gasteiger partial charge in [-0.05, 0) is 31.4 Å². The van der Waals surface area contributed by atoms with Crippen molar-refractivity contribution in [2.45, 2.75) is 38.6 Å². The third-order valence-corrected chi connectivity index (χ3v) is 4.87. The number of unbranched alkanes of at least 4 members (excludes halogenated alkanes) is 1. The van der Waals surface area contributed by atoms with Crippen LogP contribution < -0.4 is 20.3 Å². The fourth-order valence-electron chi connectivity index (χ4n) is 3.15. The summed E-state index contributed by atoms with van der Waals surface area (Å²) < 4.78 is 5.36. The second kappa shape index (κ2) is 11.4. The van der Waals surface area contributed by atoms with Crippen LogP contribution in [0.25, 0.3) is 0 Å². The minimum atomic E-state index is -0.00163. The van der Waals surface area contributed by atoms with Gasteiger partial charge in [0.15, 0.2) is 5.96 Å². The zero-order chi connectivity index (χ0) is 20.4. The second-order valence-electron chi connectivity index (χ2n) is 7.36. The molecule has 1 saturated heterocycles. The van der Waals surface area contributed by atoms with Crippen molar-refractivity contribution in [1.82, 2.24) is 15.5 Å². The average Bonchev–Trinajstić information content (AvgIpc) is 2.72. The summed E-state index contributed by atoms with van der Waals surface area (Å²) in [4.78, 5) is 20.4. The van der Waals surface area contributed by atoms with E-state index in [-0.39, 0.29) is 18.5 Å². The summed E-state index contributed by atoms with van der Waals surface area (Å²) in [5, 5.41) is 6.90. The first-order valence-electron chi connectivity index (χ1n) is 10.2. The number of nitrogens with one attached hydrogen (secondary N) is 2. The predicted octanol–water partition coefficient (Wildman–Crippen LogP) is 2.09. The number of carbonyl (C=O) groups is 1. The summed E-state index contributed by atoms with van der Waals surface area (Å²) in [5.41, 5.74) is 1.17. The number of ether oxygens (including phenoxy) is 1. The number of methoxy groups -OCH3 is 1. The number of aliphatic imine (C=N–C) groups is 1. The third-order valence-electron chi connectivity index (χ3n) is 4.87. The molecule has 156 valence electrons. The molecule has 0 saturated carbocycles. The Kier molecular flexibility index (Phi) is 8.91. The molecule has 1 heterocycles. The van der Waals surface area contributed by atoms with Gasteiger partial charge in [0, 0.05) is 51.5 Å². The number of likely N-dealkylation sites (N-methyl/N-ethyl adjacent to an activating group) is 1. The predicted molar refractivity (Wildman–Crippen MR) is 115 cm³/mol. The molecule has 1 aliphatic rings. The number of guanidine groups is 1. The van der Waals surface area contributed by atoms with Gasteiger partial charge in [-0.1, -0.05) is 19.4 Å². The van der Waals surface area contributed by atoms with Crippen molar-refractivity contribution in [3.05, 3.63) is 24.3 Å². The second-order valence-corrected chi connectivity index (χ2v) is 7.36. The summed E-state index contributed by atoms with van der Waals surface area (Å²) in [7, 11) is 5.20. The smallest absolute Gasteiger partial charge is 0.243 e. The van der Waals surface area contributed by atoms with Gasteiger partial charge < -0.3 is 25.2 Å². The Hall–Kier alpha value is -2.44. The fourth-order valence-corrected chi connectivity index (χ4v) is 3.15. The lowest BCUT2D eigenvalue weighted by Crippen LogP contribution is -2.51. The molecular weight excluding hydrogens is 354 g/mol. The molecule has 1 aromatic carbocycles. The van der Waals surface area contributed by atoms with Crippen LogP contribution in [0.5, 0.6) is 5.75 Å². The lowest BCUT2D eigenvalue weighted by molar-refractivity contribution is -0.127. The molecule has 0 aromatic heterocycles. The molecule has 0 spiro atoms. The number of anilines is 1. The first-order valence-corrected chi connectivity index (χ1v) is 10.2. The lowest BCUT2D eigenvalue weighted by atomic mass is 10.0. The van der Waals surface area contributed by atoms with Gasteiger partial charge in [0.2, 0.25) is 5.91 Å². The highest BCUT2D eigenvalue weighted by Crippen LogP contribution is 2.24. The largest absolute Gasteiger partial charge is 0.497 e. The summed E-state index contributed by atoms with van der Waals surface area (Å²) in [6.45, 7) is 5.09. The van der Waals surface area contributed by atoms with E-state index < -0.39 is 0 Å². The normalized spacial score (nSPS) is 17.2. The van der Waals surface area contributed by atoms with Crippen LogP contribution in [0.4, 0.5) is 5.69 Å². The van der Waals surface area contributed by atoms with Crippen LogP contribution in [-0.4, -0.2) is 70.2 Å². The monoisotopic (exact) mass is 389 g/mol. The number of piperidine rings is 1. The molecule has 7 nitrogen and oxygen atoms in total. The minimum Gasteiger partial charge on any atom is -0.497 e. The van der Waals surface area contributed by atoms with Crippen molar-refractivity contribution in [2.24, 2.45) is 4.99 Å². The van der Waals surface area contributed by atoms with Crippen LogP contribution in [-0.2, 0) is 4.79 Å². The van der Waals surface area contributed by atoms with Gasteiger partial charge in [-0.15, -0.1) is 0 Å². The zero-order valence-electron chi connectivity index (χ0n) is 17.7. The Labute approximate surface area is 169 Å². The van der Waals surface area contributed by atoms with Gasteiger partial charge in [0.25, 0.3) is 0 Å². The maximum Gasteiger partial charge on any atom is 0.243 e. The summed E-state index contributed by atoms with van der Waals surface area (Å²) in [5.74, 6) is 1.60.